The van der Waals surface area contributed by atoms with Gasteiger partial charge in [0, 0.05) is 23.4 Å². The molecule has 2 atom stereocenters. The van der Waals surface area contributed by atoms with Crippen LogP contribution in [0.3, 0.4) is 0 Å². The maximum atomic E-state index is 13.9. The number of imide groups is 1. The highest BCUT2D eigenvalue weighted by Crippen LogP contribution is 2.40. The van der Waals surface area contributed by atoms with Gasteiger partial charge in [-0.2, -0.15) is 10.2 Å². The monoisotopic (exact) mass is 890 g/mol. The molecule has 3 aromatic rings. The van der Waals surface area contributed by atoms with Gasteiger partial charge in [0.05, 0.1) is 31.5 Å². The lowest BCUT2D eigenvalue weighted by Crippen LogP contribution is -2.36. The minimum Gasteiger partial charge on any atom is -0.508 e. The van der Waals surface area contributed by atoms with Gasteiger partial charge in [0.25, 0.3) is 5.91 Å². The summed E-state index contributed by atoms with van der Waals surface area (Å²) in [6.07, 6.45) is 21.1. The summed E-state index contributed by atoms with van der Waals surface area (Å²) in [7, 11) is 0. The van der Waals surface area contributed by atoms with Gasteiger partial charge in [0.1, 0.15) is 17.1 Å². The molecule has 15 heteroatoms. The highest BCUT2D eigenvalue weighted by molar-refractivity contribution is 6.43. The zero-order valence-electron chi connectivity index (χ0n) is 32.8. The third kappa shape index (κ3) is 12.6. The number of hydrogen-bond acceptors (Lipinski definition) is 7. The van der Waals surface area contributed by atoms with Crippen LogP contribution in [0.25, 0.3) is 0 Å². The van der Waals surface area contributed by atoms with Crippen molar-refractivity contribution in [2.24, 2.45) is 21.1 Å². The zero-order chi connectivity index (χ0) is 41.6. The van der Waals surface area contributed by atoms with Crippen molar-refractivity contribution in [3.8, 4) is 5.75 Å². The number of unbranched alkanes of at least 4 members (excludes halogenated alkanes) is 15. The second-order valence-corrected chi connectivity index (χ2v) is 17.0. The highest BCUT2D eigenvalue weighted by atomic mass is 35.5. The number of phenols is 1. The number of hydrogen-bond donors (Lipinski definition) is 2. The number of anilines is 2. The third-order valence-corrected chi connectivity index (χ3v) is 11.8. The van der Waals surface area contributed by atoms with Crippen molar-refractivity contribution >= 4 is 104 Å². The van der Waals surface area contributed by atoms with E-state index < -0.39 is 17.9 Å². The molecule has 5 rings (SSSR count). The second kappa shape index (κ2) is 22.8. The average molecular weight is 893 g/mol. The van der Waals surface area contributed by atoms with E-state index >= 15 is 0 Å². The van der Waals surface area contributed by atoms with Gasteiger partial charge in [0.2, 0.25) is 17.9 Å². The summed E-state index contributed by atoms with van der Waals surface area (Å²) in [5, 5.41) is 20.0. The maximum absolute atomic E-state index is 13.9. The molecular formula is C43H51Cl5N6O4. The van der Waals surface area contributed by atoms with Crippen molar-refractivity contribution in [2.75, 3.05) is 9.91 Å². The van der Waals surface area contributed by atoms with E-state index in [0.29, 0.717) is 12.1 Å². The number of hydrazine groups is 1. The molecule has 58 heavy (non-hydrogen) atoms. The molecule has 0 spiro atoms. The largest absolute Gasteiger partial charge is 0.508 e. The standard InChI is InChI=1S/C43H51Cl5N6O4/c1-2-3-4-5-6-7-8-9-10-11-12-13-14-15-16-17-18-28-23-38(56)53(42(28)57)30-19-21-32(45)37(26-30)49-41-39(51-50-36-22-20-31(55)27-33(36)46)43(58)54(52-41)40-34(47)24-29(44)25-35(40)48/h19-22,24-28,39,55H,2-18,23H2,1H3,(H,49,52). The lowest BCUT2D eigenvalue weighted by Gasteiger charge is -2.19. The van der Waals surface area contributed by atoms with Crippen LogP contribution in [0.4, 0.5) is 22.7 Å². The summed E-state index contributed by atoms with van der Waals surface area (Å²) in [5.74, 6) is -1.66. The predicted octanol–water partition coefficient (Wildman–Crippen LogP) is 13.9. The van der Waals surface area contributed by atoms with E-state index in [-0.39, 0.29) is 72.0 Å². The van der Waals surface area contributed by atoms with Crippen LogP contribution in [0.15, 0.2) is 63.8 Å². The number of amidine groups is 1. The van der Waals surface area contributed by atoms with Crippen LogP contribution in [0.5, 0.6) is 5.75 Å². The summed E-state index contributed by atoms with van der Waals surface area (Å²) in [6, 6.07) is 10.3. The van der Waals surface area contributed by atoms with E-state index in [2.05, 4.69) is 27.6 Å². The van der Waals surface area contributed by atoms with Gasteiger partial charge in [-0.05, 0) is 48.9 Å². The Labute approximate surface area is 366 Å². The van der Waals surface area contributed by atoms with E-state index in [4.69, 9.17) is 58.0 Å². The minimum absolute atomic E-state index is 0.00904. The van der Waals surface area contributed by atoms with E-state index in [0.717, 1.165) is 24.3 Å². The molecule has 3 amide bonds. The quantitative estimate of drug-likeness (QED) is 0.0590. The number of rotatable bonds is 22. The summed E-state index contributed by atoms with van der Waals surface area (Å²) < 4.78 is 0. The van der Waals surface area contributed by atoms with Crippen LogP contribution in [0, 0.1) is 5.92 Å². The van der Waals surface area contributed by atoms with Crippen LogP contribution in [-0.2, 0) is 14.4 Å². The molecule has 2 unspecified atom stereocenters. The molecular weight excluding hydrogens is 842 g/mol. The molecule has 2 N–H and O–H groups in total. The summed E-state index contributed by atoms with van der Waals surface area (Å²) >= 11 is 31.9. The van der Waals surface area contributed by atoms with Gasteiger partial charge in [-0.1, -0.05) is 168 Å². The fourth-order valence-electron chi connectivity index (χ4n) is 7.26. The Morgan fingerprint density at radius 3 is 1.84 bits per heavy atom. The van der Waals surface area contributed by atoms with Crippen LogP contribution >= 0.6 is 58.0 Å². The van der Waals surface area contributed by atoms with E-state index in [1.165, 1.54) is 131 Å². The molecule has 10 nitrogen and oxygen atoms in total. The number of aliphatic imine (C=N–C) groups is 1. The zero-order valence-corrected chi connectivity index (χ0v) is 36.6. The number of carbonyl (C=O) groups excluding carboxylic acids is 3. The van der Waals surface area contributed by atoms with E-state index in [1.807, 2.05) is 0 Å². The average Bonchev–Trinajstić information content (AvgIpc) is 3.63. The van der Waals surface area contributed by atoms with Crippen molar-refractivity contribution in [2.45, 2.75) is 129 Å². The number of nitrogens with zero attached hydrogens (tertiary/aromatic N) is 5. The Kier molecular flexibility index (Phi) is 18.0. The van der Waals surface area contributed by atoms with Crippen molar-refractivity contribution in [3.05, 3.63) is 73.6 Å². The molecule has 2 aliphatic heterocycles. The number of amides is 3. The van der Waals surface area contributed by atoms with Crippen molar-refractivity contribution in [1.82, 2.24) is 5.43 Å². The predicted molar refractivity (Wildman–Crippen MR) is 237 cm³/mol. The second-order valence-electron chi connectivity index (χ2n) is 15.0. The van der Waals surface area contributed by atoms with Gasteiger partial charge in [-0.15, -0.1) is 0 Å². The molecule has 312 valence electrons. The minimum atomic E-state index is -1.36. The lowest BCUT2D eigenvalue weighted by molar-refractivity contribution is -0.122. The van der Waals surface area contributed by atoms with Gasteiger partial charge >= 0.3 is 0 Å². The first-order chi connectivity index (χ1) is 28.0. The summed E-state index contributed by atoms with van der Waals surface area (Å²) in [5.41, 5.74) is 3.68. The summed E-state index contributed by atoms with van der Waals surface area (Å²) in [6.45, 7) is 2.26. The maximum Gasteiger partial charge on any atom is 0.280 e. The fraction of sp³-hybridized carbons (Fsp3) is 0.488. The number of aromatic hydroxyl groups is 1. The molecule has 0 aliphatic carbocycles. The SMILES string of the molecule is CCCCCCCCCCCCCCCCCCC1CC(=O)N(c2ccc(Cl)c(N=C3NN(c4c(Cl)cc(Cl)cc4Cl)C(=O)C3N=Nc3ccc(O)cc3Cl)c2)C1=O. The Morgan fingerprint density at radius 2 is 1.26 bits per heavy atom. The van der Waals surface area contributed by atoms with Gasteiger partial charge < -0.3 is 5.11 Å². The van der Waals surface area contributed by atoms with Crippen LogP contribution in [-0.4, -0.2) is 34.7 Å². The normalized spacial score (nSPS) is 17.8. The number of carbonyl (C=O) groups is 3. The van der Waals surface area contributed by atoms with Crippen molar-refractivity contribution in [1.29, 1.82) is 0 Å². The molecule has 0 saturated carbocycles. The third-order valence-electron chi connectivity index (χ3n) is 10.4. The molecule has 0 bridgehead atoms. The molecule has 2 aliphatic rings. The van der Waals surface area contributed by atoms with Crippen molar-refractivity contribution < 1.29 is 19.5 Å². The first-order valence-corrected chi connectivity index (χ1v) is 22.3. The highest BCUT2D eigenvalue weighted by Gasteiger charge is 2.42. The van der Waals surface area contributed by atoms with Crippen LogP contribution in [0.2, 0.25) is 25.1 Å². The van der Waals surface area contributed by atoms with E-state index in [1.54, 1.807) is 6.07 Å². The Bertz CT molecular complexity index is 1950. The van der Waals surface area contributed by atoms with Crippen molar-refractivity contribution in [3.63, 3.8) is 0 Å². The molecule has 0 radical (unpaired) electrons. The van der Waals surface area contributed by atoms with Gasteiger partial charge in [0.15, 0.2) is 5.84 Å². The lowest BCUT2D eigenvalue weighted by atomic mass is 9.98. The first-order valence-electron chi connectivity index (χ1n) is 20.4. The first kappa shape index (κ1) is 45.7. The van der Waals surface area contributed by atoms with Gasteiger partial charge in [-0.25, -0.2) is 10.0 Å². The molecule has 0 aromatic heterocycles. The van der Waals surface area contributed by atoms with E-state index in [9.17, 15) is 19.5 Å². The topological polar surface area (TPSA) is 127 Å². The molecule has 3 aromatic carbocycles. The Hall–Kier alpha value is -3.41. The Balaban J connectivity index is 1.19. The number of azo groups is 1. The summed E-state index contributed by atoms with van der Waals surface area (Å²) in [4.78, 5) is 46.5. The molecule has 2 fully saturated rings. The molecule has 2 saturated heterocycles. The fourth-order valence-corrected chi connectivity index (χ4v) is 8.62. The number of benzene rings is 3. The van der Waals surface area contributed by atoms with Gasteiger partial charge in [-0.3, -0.25) is 24.7 Å². The molecule has 2 heterocycles. The number of phenolic OH excluding ortho intramolecular Hbond substituents is 1. The number of halogens is 5. The van der Waals surface area contributed by atoms with Crippen LogP contribution in [0.1, 0.15) is 122 Å². The van der Waals surface area contributed by atoms with Crippen LogP contribution < -0.4 is 15.3 Å². The Morgan fingerprint density at radius 1 is 0.672 bits per heavy atom. The number of nitrogens with one attached hydrogen (secondary N) is 1. The smallest absolute Gasteiger partial charge is 0.280 e.